The van der Waals surface area contributed by atoms with Crippen LogP contribution in [0.15, 0.2) is 60.7 Å². The fraction of sp³-hybridized carbons (Fsp3) is 0.0417. The van der Waals surface area contributed by atoms with E-state index in [1.54, 1.807) is 0 Å². The summed E-state index contributed by atoms with van der Waals surface area (Å²) in [5.74, 6) is 1.39. The second-order valence-electron chi connectivity index (χ2n) is 7.55. The smallest absolute Gasteiger partial charge is 0.160 e. The molecule has 0 saturated heterocycles. The van der Waals surface area contributed by atoms with Crippen LogP contribution in [-0.2, 0) is 0 Å². The highest BCUT2D eigenvalue weighted by atomic mass is 15.0. The molecule has 7 nitrogen and oxygen atoms in total. The second kappa shape index (κ2) is 6.56. The molecular formula is C24H17N7. The van der Waals surface area contributed by atoms with E-state index >= 15 is 0 Å². The molecule has 2 aromatic carbocycles. The van der Waals surface area contributed by atoms with Gasteiger partial charge >= 0.3 is 0 Å². The lowest BCUT2D eigenvalue weighted by Gasteiger charge is -2.02. The van der Waals surface area contributed by atoms with E-state index in [1.807, 2.05) is 54.6 Å². The largest absolute Gasteiger partial charge is 0.337 e. The normalized spacial score (nSPS) is 11.5. The molecule has 0 amide bonds. The van der Waals surface area contributed by atoms with Crippen molar-refractivity contribution in [2.75, 3.05) is 0 Å². The van der Waals surface area contributed by atoms with Crippen LogP contribution < -0.4 is 0 Å². The molecule has 4 heterocycles. The number of aryl methyl sites for hydroxylation is 1. The van der Waals surface area contributed by atoms with E-state index in [0.717, 1.165) is 44.5 Å². The molecule has 0 atom stereocenters. The number of aromatic nitrogens is 6. The Morgan fingerprint density at radius 2 is 1.32 bits per heavy atom. The van der Waals surface area contributed by atoms with E-state index in [1.165, 1.54) is 11.8 Å². The van der Waals surface area contributed by atoms with Gasteiger partial charge in [-0.1, -0.05) is 12.1 Å². The van der Waals surface area contributed by atoms with Gasteiger partial charge in [0, 0.05) is 11.6 Å². The third kappa shape index (κ3) is 2.95. The summed E-state index contributed by atoms with van der Waals surface area (Å²) in [6, 6.07) is 19.7. The zero-order valence-electron chi connectivity index (χ0n) is 16.6. The summed E-state index contributed by atoms with van der Waals surface area (Å²) in [6.45, 7) is 2.06. The summed E-state index contributed by atoms with van der Waals surface area (Å²) >= 11 is 0. The average molecular weight is 403 g/mol. The molecule has 0 aliphatic heterocycles. The number of fused-ring (bicyclic) bond motifs is 3. The van der Waals surface area contributed by atoms with E-state index in [-0.39, 0.29) is 0 Å². The standard InChI is InChI=1S/C24H17N7/c1-13-2-6-16-20(10-13)30-23(26-16)18-8-4-15-5-9-19(29-22(15)28-18)24-27-17-7-3-14(12-25)11-21(17)31-24/h2-12,25H,1H3,(H,26,30)(H,27,31). The molecule has 0 aliphatic carbocycles. The second-order valence-corrected chi connectivity index (χ2v) is 7.55. The fourth-order valence-corrected chi connectivity index (χ4v) is 3.75. The van der Waals surface area contributed by atoms with Crippen LogP contribution in [0, 0.1) is 12.3 Å². The molecule has 0 radical (unpaired) electrons. The molecule has 0 saturated carbocycles. The summed E-state index contributed by atoms with van der Waals surface area (Å²) < 4.78 is 0. The van der Waals surface area contributed by atoms with Gasteiger partial charge in [0.15, 0.2) is 17.3 Å². The molecule has 3 N–H and O–H groups in total. The number of benzene rings is 2. The molecular weight excluding hydrogens is 386 g/mol. The Morgan fingerprint density at radius 3 is 1.97 bits per heavy atom. The molecule has 7 heteroatoms. The van der Waals surface area contributed by atoms with Crippen molar-refractivity contribution in [2.24, 2.45) is 0 Å². The van der Waals surface area contributed by atoms with Crippen LogP contribution in [0.4, 0.5) is 0 Å². The van der Waals surface area contributed by atoms with Gasteiger partial charge in [0.2, 0.25) is 0 Å². The summed E-state index contributed by atoms with van der Waals surface area (Å²) in [4.78, 5) is 25.5. The van der Waals surface area contributed by atoms with Crippen molar-refractivity contribution in [3.8, 4) is 23.0 Å². The third-order valence-corrected chi connectivity index (χ3v) is 5.35. The summed E-state index contributed by atoms with van der Waals surface area (Å²) in [5.41, 5.74) is 7.70. The first-order valence-corrected chi connectivity index (χ1v) is 9.91. The molecule has 148 valence electrons. The SMILES string of the molecule is Cc1ccc2nc(-c3ccc4ccc(-c5nc6ccc(C=N)cc6[nH]5)nc4n3)[nH]c2c1. The number of aromatic amines is 2. The number of H-pyrrole nitrogens is 2. The molecule has 6 rings (SSSR count). The lowest BCUT2D eigenvalue weighted by Crippen LogP contribution is -1.92. The number of pyridine rings is 2. The van der Waals surface area contributed by atoms with E-state index in [4.69, 9.17) is 15.4 Å². The number of nitrogens with zero attached hydrogens (tertiary/aromatic N) is 4. The van der Waals surface area contributed by atoms with Crippen molar-refractivity contribution < 1.29 is 0 Å². The number of nitrogens with one attached hydrogen (secondary N) is 3. The van der Waals surface area contributed by atoms with Crippen LogP contribution in [-0.4, -0.2) is 36.1 Å². The van der Waals surface area contributed by atoms with Crippen LogP contribution in [0.1, 0.15) is 11.1 Å². The lowest BCUT2D eigenvalue weighted by atomic mass is 10.2. The van der Waals surface area contributed by atoms with Crippen LogP contribution in [0.2, 0.25) is 0 Å². The first-order valence-electron chi connectivity index (χ1n) is 9.91. The van der Waals surface area contributed by atoms with Gasteiger partial charge in [0.1, 0.15) is 11.4 Å². The van der Waals surface area contributed by atoms with Crippen molar-refractivity contribution in [2.45, 2.75) is 6.92 Å². The lowest BCUT2D eigenvalue weighted by molar-refractivity contribution is 1.21. The van der Waals surface area contributed by atoms with Crippen molar-refractivity contribution in [1.29, 1.82) is 5.41 Å². The fourth-order valence-electron chi connectivity index (χ4n) is 3.75. The Kier molecular flexibility index (Phi) is 3.70. The summed E-state index contributed by atoms with van der Waals surface area (Å²) in [7, 11) is 0. The minimum absolute atomic E-state index is 0.632. The molecule has 0 unspecified atom stereocenters. The zero-order valence-corrected chi connectivity index (χ0v) is 16.6. The Labute approximate surface area is 176 Å². The summed E-state index contributed by atoms with van der Waals surface area (Å²) in [6.07, 6.45) is 1.32. The first-order chi connectivity index (χ1) is 15.2. The maximum atomic E-state index is 7.43. The van der Waals surface area contributed by atoms with Crippen molar-refractivity contribution in [3.63, 3.8) is 0 Å². The molecule has 0 aliphatic rings. The Bertz CT molecular complexity index is 1620. The van der Waals surface area contributed by atoms with Crippen molar-refractivity contribution in [3.05, 3.63) is 71.8 Å². The molecule has 0 fully saturated rings. The van der Waals surface area contributed by atoms with Gasteiger partial charge < -0.3 is 15.4 Å². The van der Waals surface area contributed by atoms with Gasteiger partial charge in [-0.05, 0) is 66.6 Å². The molecule has 0 bridgehead atoms. The number of hydrogen-bond acceptors (Lipinski definition) is 5. The van der Waals surface area contributed by atoms with Crippen molar-refractivity contribution >= 4 is 39.3 Å². The minimum Gasteiger partial charge on any atom is -0.337 e. The molecule has 0 spiro atoms. The first kappa shape index (κ1) is 17.5. The van der Waals surface area contributed by atoms with Gasteiger partial charge in [0.05, 0.1) is 22.1 Å². The van der Waals surface area contributed by atoms with Gasteiger partial charge in [0.25, 0.3) is 0 Å². The zero-order chi connectivity index (χ0) is 20.9. The maximum absolute atomic E-state index is 7.43. The van der Waals surface area contributed by atoms with Gasteiger partial charge in [-0.15, -0.1) is 0 Å². The number of hydrogen-bond donors (Lipinski definition) is 3. The molecule has 31 heavy (non-hydrogen) atoms. The quantitative estimate of drug-likeness (QED) is 0.361. The molecule has 4 aromatic heterocycles. The monoisotopic (exact) mass is 403 g/mol. The number of imidazole rings is 2. The van der Waals surface area contributed by atoms with Crippen molar-refractivity contribution in [1.82, 2.24) is 29.9 Å². The Hall–Kier alpha value is -4.39. The van der Waals surface area contributed by atoms with E-state index < -0.39 is 0 Å². The summed E-state index contributed by atoms with van der Waals surface area (Å²) in [5, 5.41) is 8.38. The van der Waals surface area contributed by atoms with Crippen LogP contribution in [0.25, 0.3) is 56.1 Å². The number of rotatable bonds is 3. The predicted octanol–water partition coefficient (Wildman–Crippen LogP) is 5.02. The van der Waals surface area contributed by atoms with Crippen LogP contribution >= 0.6 is 0 Å². The highest BCUT2D eigenvalue weighted by Gasteiger charge is 2.11. The van der Waals surface area contributed by atoms with E-state index in [9.17, 15) is 0 Å². The highest BCUT2D eigenvalue weighted by Crippen LogP contribution is 2.25. The van der Waals surface area contributed by atoms with E-state index in [2.05, 4.69) is 32.9 Å². The predicted molar refractivity (Wildman–Crippen MR) is 122 cm³/mol. The van der Waals surface area contributed by atoms with E-state index in [0.29, 0.717) is 17.2 Å². The third-order valence-electron chi connectivity index (χ3n) is 5.35. The maximum Gasteiger partial charge on any atom is 0.160 e. The molecule has 6 aromatic rings. The van der Waals surface area contributed by atoms with Crippen LogP contribution in [0.5, 0.6) is 0 Å². The minimum atomic E-state index is 0.632. The topological polar surface area (TPSA) is 107 Å². The average Bonchev–Trinajstić information content (AvgIpc) is 3.41. The van der Waals surface area contributed by atoms with Crippen LogP contribution in [0.3, 0.4) is 0 Å². The highest BCUT2D eigenvalue weighted by molar-refractivity contribution is 5.88. The van der Waals surface area contributed by atoms with Gasteiger partial charge in [-0.2, -0.15) is 0 Å². The van der Waals surface area contributed by atoms with Gasteiger partial charge in [-0.25, -0.2) is 19.9 Å². The Morgan fingerprint density at radius 1 is 0.710 bits per heavy atom. The Balaban J connectivity index is 1.45. The van der Waals surface area contributed by atoms with Gasteiger partial charge in [-0.3, -0.25) is 0 Å².